The van der Waals surface area contributed by atoms with Crippen LogP contribution in [0.2, 0.25) is 0 Å². The topological polar surface area (TPSA) is 84.1 Å². The number of aromatic nitrogens is 2. The van der Waals surface area contributed by atoms with E-state index in [1.807, 2.05) is 6.92 Å². The normalized spacial score (nSPS) is 23.6. The van der Waals surface area contributed by atoms with E-state index in [-0.39, 0.29) is 12.0 Å². The molecule has 0 atom stereocenters. The van der Waals surface area contributed by atoms with Crippen LogP contribution in [0.25, 0.3) is 0 Å². The summed E-state index contributed by atoms with van der Waals surface area (Å²) in [4.78, 5) is 8.91. The average Bonchev–Trinajstić information content (AvgIpc) is 2.37. The first-order valence-corrected chi connectivity index (χ1v) is 7.06. The lowest BCUT2D eigenvalue weighted by molar-refractivity contribution is 0.126. The van der Waals surface area contributed by atoms with Gasteiger partial charge in [0.1, 0.15) is 17.5 Å². The molecule has 4 N–H and O–H groups in total. The molecule has 5 heteroatoms. The van der Waals surface area contributed by atoms with Crippen molar-refractivity contribution in [2.24, 2.45) is 0 Å². The monoisotopic (exact) mass is 264 g/mol. The van der Waals surface area contributed by atoms with E-state index < -0.39 is 0 Å². The Morgan fingerprint density at radius 1 is 1.21 bits per heavy atom. The molecule has 1 saturated carbocycles. The smallest absolute Gasteiger partial charge is 0.135 e. The van der Waals surface area contributed by atoms with Gasteiger partial charge in [-0.25, -0.2) is 9.97 Å². The second-order valence-corrected chi connectivity index (χ2v) is 5.75. The molecular formula is C14H24N4O. The summed E-state index contributed by atoms with van der Waals surface area (Å²) in [6.07, 6.45) is 3.52. The summed E-state index contributed by atoms with van der Waals surface area (Å²) in [5.74, 6) is 2.44. The fraction of sp³-hybridized carbons (Fsp3) is 0.714. The number of hydrogen-bond donors (Lipinski definition) is 3. The van der Waals surface area contributed by atoms with Gasteiger partial charge in [0.25, 0.3) is 0 Å². The van der Waals surface area contributed by atoms with Crippen LogP contribution in [0.1, 0.15) is 56.8 Å². The van der Waals surface area contributed by atoms with E-state index in [0.29, 0.717) is 11.9 Å². The molecule has 106 valence electrons. The minimum atomic E-state index is -0.138. The Bertz CT molecular complexity index is 439. The Morgan fingerprint density at radius 2 is 1.84 bits per heavy atom. The average molecular weight is 264 g/mol. The van der Waals surface area contributed by atoms with Gasteiger partial charge in [-0.2, -0.15) is 0 Å². The molecule has 1 aliphatic carbocycles. The van der Waals surface area contributed by atoms with E-state index in [0.717, 1.165) is 42.9 Å². The second kappa shape index (κ2) is 5.74. The van der Waals surface area contributed by atoms with Gasteiger partial charge in [0.15, 0.2) is 0 Å². The lowest BCUT2D eigenvalue weighted by Crippen LogP contribution is -2.29. The Morgan fingerprint density at radius 3 is 2.42 bits per heavy atom. The number of nitrogens with two attached hydrogens (primary N) is 1. The predicted octanol–water partition coefficient (Wildman–Crippen LogP) is 2.21. The first kappa shape index (κ1) is 14.1. The zero-order chi connectivity index (χ0) is 14.0. The molecule has 1 aromatic heterocycles. The Labute approximate surface area is 114 Å². The lowest BCUT2D eigenvalue weighted by Gasteiger charge is -2.27. The molecule has 0 amide bonds. The van der Waals surface area contributed by atoms with Gasteiger partial charge in [0, 0.05) is 17.5 Å². The number of nitrogens with one attached hydrogen (secondary N) is 1. The van der Waals surface area contributed by atoms with E-state index in [1.54, 1.807) is 0 Å². The van der Waals surface area contributed by atoms with Crippen LogP contribution in [0.15, 0.2) is 0 Å². The van der Waals surface area contributed by atoms with Gasteiger partial charge in [-0.15, -0.1) is 0 Å². The number of aliphatic hydroxyl groups excluding tert-OH is 1. The fourth-order valence-corrected chi connectivity index (χ4v) is 2.36. The van der Waals surface area contributed by atoms with E-state index >= 15 is 0 Å². The molecule has 1 heterocycles. The van der Waals surface area contributed by atoms with Crippen molar-refractivity contribution >= 4 is 11.6 Å². The molecule has 19 heavy (non-hydrogen) atoms. The van der Waals surface area contributed by atoms with Crippen molar-refractivity contribution in [3.8, 4) is 0 Å². The maximum absolute atomic E-state index is 9.54. The van der Waals surface area contributed by atoms with Gasteiger partial charge in [0.2, 0.25) is 0 Å². The summed E-state index contributed by atoms with van der Waals surface area (Å²) >= 11 is 0. The highest BCUT2D eigenvalue weighted by molar-refractivity contribution is 5.55. The van der Waals surface area contributed by atoms with Crippen molar-refractivity contribution in [3.63, 3.8) is 0 Å². The first-order valence-electron chi connectivity index (χ1n) is 7.06. The highest BCUT2D eigenvalue weighted by Crippen LogP contribution is 2.25. The minimum Gasteiger partial charge on any atom is -0.393 e. The number of rotatable bonds is 3. The van der Waals surface area contributed by atoms with Crippen LogP contribution in [-0.2, 0) is 0 Å². The molecule has 1 fully saturated rings. The molecule has 0 bridgehead atoms. The number of aliphatic hydroxyl groups is 1. The summed E-state index contributed by atoms with van der Waals surface area (Å²) in [6, 6.07) is 0.372. The van der Waals surface area contributed by atoms with Crippen molar-refractivity contribution in [2.75, 3.05) is 11.1 Å². The van der Waals surface area contributed by atoms with Crippen LogP contribution in [0.5, 0.6) is 0 Å². The van der Waals surface area contributed by atoms with Crippen LogP contribution in [0.3, 0.4) is 0 Å². The van der Waals surface area contributed by atoms with Crippen molar-refractivity contribution in [2.45, 2.75) is 64.5 Å². The summed E-state index contributed by atoms with van der Waals surface area (Å²) < 4.78 is 0. The fourth-order valence-electron chi connectivity index (χ4n) is 2.36. The third-order valence-corrected chi connectivity index (χ3v) is 3.75. The maximum atomic E-state index is 9.54. The molecule has 1 aliphatic rings. The van der Waals surface area contributed by atoms with Gasteiger partial charge >= 0.3 is 0 Å². The lowest BCUT2D eigenvalue weighted by atomic mass is 9.93. The Balaban J connectivity index is 2.15. The number of anilines is 2. The SMILES string of the molecule is Cc1c(N)nc(C(C)C)nc1NC1CCC(O)CC1. The third kappa shape index (κ3) is 3.35. The van der Waals surface area contributed by atoms with Gasteiger partial charge < -0.3 is 16.2 Å². The van der Waals surface area contributed by atoms with Crippen LogP contribution in [-0.4, -0.2) is 27.2 Å². The highest BCUT2D eigenvalue weighted by Gasteiger charge is 2.21. The van der Waals surface area contributed by atoms with Gasteiger partial charge in [-0.3, -0.25) is 0 Å². The molecule has 1 aromatic rings. The van der Waals surface area contributed by atoms with Crippen LogP contribution in [0, 0.1) is 6.92 Å². The largest absolute Gasteiger partial charge is 0.393 e. The summed E-state index contributed by atoms with van der Waals surface area (Å²) in [6.45, 7) is 6.06. The number of nitrogen functional groups attached to an aromatic ring is 1. The van der Waals surface area contributed by atoms with Crippen LogP contribution in [0.4, 0.5) is 11.6 Å². The zero-order valence-corrected chi connectivity index (χ0v) is 12.0. The number of hydrogen-bond acceptors (Lipinski definition) is 5. The van der Waals surface area contributed by atoms with Gasteiger partial charge in [0.05, 0.1) is 6.10 Å². The quantitative estimate of drug-likeness (QED) is 0.779. The molecule has 0 spiro atoms. The highest BCUT2D eigenvalue weighted by atomic mass is 16.3. The summed E-state index contributed by atoms with van der Waals surface area (Å²) in [7, 11) is 0. The standard InChI is InChI=1S/C14H24N4O/c1-8(2)13-17-12(15)9(3)14(18-13)16-10-4-6-11(19)7-5-10/h8,10-11,19H,4-7H2,1-3H3,(H3,15,16,17,18). The molecule has 2 rings (SSSR count). The van der Waals surface area contributed by atoms with E-state index in [1.165, 1.54) is 0 Å². The Hall–Kier alpha value is -1.36. The first-order chi connectivity index (χ1) is 8.97. The molecule has 0 aromatic carbocycles. The molecule has 0 unspecified atom stereocenters. The molecule has 0 radical (unpaired) electrons. The summed E-state index contributed by atoms with van der Waals surface area (Å²) in [5.41, 5.74) is 6.87. The maximum Gasteiger partial charge on any atom is 0.135 e. The van der Waals surface area contributed by atoms with Gasteiger partial charge in [-0.1, -0.05) is 13.8 Å². The molecule has 0 saturated heterocycles. The molecule has 5 nitrogen and oxygen atoms in total. The predicted molar refractivity (Wildman–Crippen MR) is 77.2 cm³/mol. The van der Waals surface area contributed by atoms with Crippen molar-refractivity contribution in [1.29, 1.82) is 0 Å². The van der Waals surface area contributed by atoms with Crippen molar-refractivity contribution < 1.29 is 5.11 Å². The molecule has 0 aliphatic heterocycles. The van der Waals surface area contributed by atoms with Crippen molar-refractivity contribution in [3.05, 3.63) is 11.4 Å². The summed E-state index contributed by atoms with van der Waals surface area (Å²) in [5, 5.41) is 13.0. The second-order valence-electron chi connectivity index (χ2n) is 5.75. The minimum absolute atomic E-state index is 0.138. The van der Waals surface area contributed by atoms with Crippen LogP contribution < -0.4 is 11.1 Å². The van der Waals surface area contributed by atoms with E-state index in [9.17, 15) is 5.11 Å². The third-order valence-electron chi connectivity index (χ3n) is 3.75. The number of nitrogens with zero attached hydrogens (tertiary/aromatic N) is 2. The Kier molecular flexibility index (Phi) is 4.24. The molecular weight excluding hydrogens is 240 g/mol. The van der Waals surface area contributed by atoms with Crippen LogP contribution >= 0.6 is 0 Å². The van der Waals surface area contributed by atoms with E-state index in [2.05, 4.69) is 29.1 Å². The zero-order valence-electron chi connectivity index (χ0n) is 12.0. The van der Waals surface area contributed by atoms with E-state index in [4.69, 9.17) is 5.73 Å². The van der Waals surface area contributed by atoms with Gasteiger partial charge in [-0.05, 0) is 32.6 Å². The van der Waals surface area contributed by atoms with Crippen molar-refractivity contribution in [1.82, 2.24) is 9.97 Å².